The lowest BCUT2D eigenvalue weighted by Crippen LogP contribution is -2.37. The summed E-state index contributed by atoms with van der Waals surface area (Å²) in [7, 11) is -3.24. The predicted octanol–water partition coefficient (Wildman–Crippen LogP) is 0.866. The third kappa shape index (κ3) is 8.21. The molecule has 0 saturated heterocycles. The summed E-state index contributed by atoms with van der Waals surface area (Å²) in [5.74, 6) is 0.522. The Morgan fingerprint density at radius 2 is 1.69 bits per heavy atom. The van der Waals surface area contributed by atoms with Crippen molar-refractivity contribution in [3.8, 4) is 0 Å². The molecular formula is C8H20N2O2S. The highest BCUT2D eigenvalue weighted by atomic mass is 32.2. The van der Waals surface area contributed by atoms with Crippen molar-refractivity contribution in [1.29, 1.82) is 0 Å². The minimum absolute atomic E-state index is 0.497. The number of nitrogens with one attached hydrogen (secondary N) is 2. The van der Waals surface area contributed by atoms with E-state index in [4.69, 9.17) is 0 Å². The zero-order valence-corrected chi connectivity index (χ0v) is 9.45. The van der Waals surface area contributed by atoms with Gasteiger partial charge in [-0.3, -0.25) is 0 Å². The van der Waals surface area contributed by atoms with Gasteiger partial charge in [0.25, 0.3) is 10.2 Å². The summed E-state index contributed by atoms with van der Waals surface area (Å²) in [6.45, 7) is 7.06. The van der Waals surface area contributed by atoms with Crippen molar-refractivity contribution >= 4 is 10.2 Å². The quantitative estimate of drug-likeness (QED) is 0.652. The Morgan fingerprint density at radius 3 is 2.15 bits per heavy atom. The molecular weight excluding hydrogens is 188 g/mol. The molecule has 0 aromatic rings. The maximum atomic E-state index is 11.1. The second-order valence-electron chi connectivity index (χ2n) is 3.47. The molecule has 0 aliphatic rings. The highest BCUT2D eigenvalue weighted by Gasteiger charge is 2.06. The van der Waals surface area contributed by atoms with Crippen molar-refractivity contribution in [2.75, 3.05) is 13.1 Å². The van der Waals surface area contributed by atoms with Crippen LogP contribution in [-0.4, -0.2) is 21.5 Å². The van der Waals surface area contributed by atoms with Crippen molar-refractivity contribution in [1.82, 2.24) is 9.44 Å². The van der Waals surface area contributed by atoms with Crippen molar-refractivity contribution in [3.05, 3.63) is 0 Å². The van der Waals surface area contributed by atoms with E-state index in [1.165, 1.54) is 0 Å². The molecule has 0 radical (unpaired) electrons. The number of hydrogen-bond acceptors (Lipinski definition) is 2. The Labute approximate surface area is 81.3 Å². The zero-order chi connectivity index (χ0) is 10.3. The molecule has 0 amide bonds. The van der Waals surface area contributed by atoms with Crippen LogP contribution in [0.4, 0.5) is 0 Å². The Morgan fingerprint density at radius 1 is 1.15 bits per heavy atom. The van der Waals surface area contributed by atoms with Gasteiger partial charge in [-0.1, -0.05) is 20.8 Å². The van der Waals surface area contributed by atoms with Gasteiger partial charge in [-0.2, -0.15) is 8.42 Å². The maximum absolute atomic E-state index is 11.1. The van der Waals surface area contributed by atoms with Crippen molar-refractivity contribution in [2.24, 2.45) is 5.92 Å². The fraction of sp³-hybridized carbons (Fsp3) is 1.00. The Balaban J connectivity index is 3.64. The van der Waals surface area contributed by atoms with Gasteiger partial charge in [0.05, 0.1) is 0 Å². The van der Waals surface area contributed by atoms with E-state index in [9.17, 15) is 8.42 Å². The number of hydrogen-bond donors (Lipinski definition) is 2. The molecule has 13 heavy (non-hydrogen) atoms. The molecule has 0 aliphatic heterocycles. The molecule has 0 aromatic heterocycles. The van der Waals surface area contributed by atoms with Crippen LogP contribution in [0.15, 0.2) is 0 Å². The van der Waals surface area contributed by atoms with Gasteiger partial charge in [0, 0.05) is 13.1 Å². The molecule has 0 fully saturated rings. The van der Waals surface area contributed by atoms with Gasteiger partial charge in [0.15, 0.2) is 0 Å². The van der Waals surface area contributed by atoms with Gasteiger partial charge in [-0.25, -0.2) is 9.44 Å². The first-order valence-corrected chi connectivity index (χ1v) is 6.20. The van der Waals surface area contributed by atoms with E-state index in [-0.39, 0.29) is 0 Å². The van der Waals surface area contributed by atoms with Crippen LogP contribution in [0.2, 0.25) is 0 Å². The van der Waals surface area contributed by atoms with E-state index in [1.54, 1.807) is 0 Å². The molecule has 0 atom stereocenters. The predicted molar refractivity (Wildman–Crippen MR) is 54.7 cm³/mol. The first kappa shape index (κ1) is 12.9. The molecule has 0 aromatic carbocycles. The van der Waals surface area contributed by atoms with Crippen LogP contribution < -0.4 is 9.44 Å². The van der Waals surface area contributed by atoms with E-state index in [2.05, 4.69) is 23.3 Å². The standard InChI is InChI=1S/C8H20N2O2S/c1-4-6-9-13(11,12)10-7-5-8(2)3/h8-10H,4-7H2,1-3H3. The molecule has 0 saturated carbocycles. The second kappa shape index (κ2) is 6.34. The highest BCUT2D eigenvalue weighted by molar-refractivity contribution is 7.87. The minimum Gasteiger partial charge on any atom is -0.202 e. The van der Waals surface area contributed by atoms with Gasteiger partial charge >= 0.3 is 0 Å². The summed E-state index contributed by atoms with van der Waals surface area (Å²) in [6, 6.07) is 0. The van der Waals surface area contributed by atoms with Gasteiger partial charge in [-0.15, -0.1) is 0 Å². The van der Waals surface area contributed by atoms with Crippen molar-refractivity contribution in [2.45, 2.75) is 33.6 Å². The molecule has 4 nitrogen and oxygen atoms in total. The molecule has 5 heteroatoms. The van der Waals surface area contributed by atoms with Gasteiger partial charge < -0.3 is 0 Å². The molecule has 0 unspecified atom stereocenters. The summed E-state index contributed by atoms with van der Waals surface area (Å²) in [4.78, 5) is 0. The Kier molecular flexibility index (Phi) is 6.28. The monoisotopic (exact) mass is 208 g/mol. The lowest BCUT2D eigenvalue weighted by Gasteiger charge is -2.08. The van der Waals surface area contributed by atoms with Crippen LogP contribution in [0.3, 0.4) is 0 Å². The zero-order valence-electron chi connectivity index (χ0n) is 8.63. The first-order valence-electron chi connectivity index (χ1n) is 4.72. The molecule has 0 spiro atoms. The van der Waals surface area contributed by atoms with E-state index >= 15 is 0 Å². The molecule has 0 aliphatic carbocycles. The minimum atomic E-state index is -3.24. The third-order valence-electron chi connectivity index (χ3n) is 1.56. The van der Waals surface area contributed by atoms with E-state index in [0.717, 1.165) is 12.8 Å². The van der Waals surface area contributed by atoms with Crippen LogP contribution in [0.5, 0.6) is 0 Å². The second-order valence-corrected chi connectivity index (χ2v) is 5.06. The summed E-state index contributed by atoms with van der Waals surface area (Å²) < 4.78 is 27.2. The van der Waals surface area contributed by atoms with Crippen LogP contribution in [0, 0.1) is 5.92 Å². The highest BCUT2D eigenvalue weighted by Crippen LogP contribution is 1.96. The van der Waals surface area contributed by atoms with Crippen LogP contribution in [0.1, 0.15) is 33.6 Å². The summed E-state index contributed by atoms with van der Waals surface area (Å²) in [5, 5.41) is 0. The van der Waals surface area contributed by atoms with Crippen molar-refractivity contribution in [3.63, 3.8) is 0 Å². The largest absolute Gasteiger partial charge is 0.276 e. The van der Waals surface area contributed by atoms with Crippen LogP contribution in [0.25, 0.3) is 0 Å². The topological polar surface area (TPSA) is 58.2 Å². The van der Waals surface area contributed by atoms with Gasteiger partial charge in [0.2, 0.25) is 0 Å². The van der Waals surface area contributed by atoms with E-state index < -0.39 is 10.2 Å². The van der Waals surface area contributed by atoms with Crippen molar-refractivity contribution < 1.29 is 8.42 Å². The third-order valence-corrected chi connectivity index (χ3v) is 2.72. The lowest BCUT2D eigenvalue weighted by atomic mass is 10.1. The van der Waals surface area contributed by atoms with Gasteiger partial charge in [-0.05, 0) is 18.8 Å². The number of rotatable bonds is 7. The average Bonchev–Trinajstić information content (AvgIpc) is 2.00. The fourth-order valence-electron chi connectivity index (χ4n) is 0.769. The molecule has 0 heterocycles. The molecule has 80 valence electrons. The maximum Gasteiger partial charge on any atom is 0.276 e. The smallest absolute Gasteiger partial charge is 0.202 e. The van der Waals surface area contributed by atoms with Crippen LogP contribution in [-0.2, 0) is 10.2 Å². The SMILES string of the molecule is CCCNS(=O)(=O)NCCC(C)C. The first-order chi connectivity index (χ1) is 5.98. The Hall–Kier alpha value is -0.130. The lowest BCUT2D eigenvalue weighted by molar-refractivity contribution is 0.542. The van der Waals surface area contributed by atoms with Crippen LogP contribution >= 0.6 is 0 Å². The normalized spacial score (nSPS) is 12.3. The summed E-state index contributed by atoms with van der Waals surface area (Å²) in [5.41, 5.74) is 0. The van der Waals surface area contributed by atoms with Gasteiger partial charge in [0.1, 0.15) is 0 Å². The Bertz CT molecular complexity index is 212. The molecule has 2 N–H and O–H groups in total. The molecule has 0 rings (SSSR count). The van der Waals surface area contributed by atoms with E-state index in [0.29, 0.717) is 19.0 Å². The summed E-state index contributed by atoms with van der Waals surface area (Å²) in [6.07, 6.45) is 1.68. The van der Waals surface area contributed by atoms with E-state index in [1.807, 2.05) is 6.92 Å². The fourth-order valence-corrected chi connectivity index (χ4v) is 1.73. The average molecular weight is 208 g/mol. The summed E-state index contributed by atoms with van der Waals surface area (Å²) >= 11 is 0. The molecule has 0 bridgehead atoms.